The van der Waals surface area contributed by atoms with E-state index in [0.29, 0.717) is 5.69 Å². The molecule has 100 valence electrons. The van der Waals surface area contributed by atoms with E-state index in [2.05, 4.69) is 10.3 Å². The van der Waals surface area contributed by atoms with Crippen LogP contribution in [0.15, 0.2) is 35.2 Å². The number of carbonyl (C=O) groups is 1. The van der Waals surface area contributed by atoms with Crippen molar-refractivity contribution < 1.29 is 18.0 Å². The molecule has 0 aliphatic carbocycles. The summed E-state index contributed by atoms with van der Waals surface area (Å²) in [5.74, 6) is -0.398. The molecule has 0 atom stereocenters. The predicted octanol–water partition coefficient (Wildman–Crippen LogP) is 3.34. The summed E-state index contributed by atoms with van der Waals surface area (Å²) in [5, 5.41) is 4.13. The van der Waals surface area contributed by atoms with Gasteiger partial charge in [-0.1, -0.05) is 6.07 Å². The van der Waals surface area contributed by atoms with E-state index in [1.54, 1.807) is 10.9 Å². The van der Waals surface area contributed by atoms with Crippen LogP contribution >= 0.6 is 11.3 Å². The van der Waals surface area contributed by atoms with Crippen molar-refractivity contribution in [2.24, 2.45) is 0 Å². The number of amides is 1. The van der Waals surface area contributed by atoms with E-state index in [1.165, 1.54) is 23.5 Å². The average molecular weight is 286 g/mol. The third-order valence-electron chi connectivity index (χ3n) is 2.30. The highest BCUT2D eigenvalue weighted by atomic mass is 32.1. The summed E-state index contributed by atoms with van der Waals surface area (Å²) in [4.78, 5) is 15.5. The summed E-state index contributed by atoms with van der Waals surface area (Å²) >= 11 is 1.35. The molecule has 0 bridgehead atoms. The highest BCUT2D eigenvalue weighted by molar-refractivity contribution is 7.07. The Kier molecular flexibility index (Phi) is 3.84. The van der Waals surface area contributed by atoms with Crippen LogP contribution in [0.4, 0.5) is 18.9 Å². The second kappa shape index (κ2) is 5.40. The van der Waals surface area contributed by atoms with Crippen LogP contribution in [0.2, 0.25) is 0 Å². The first-order valence-electron chi connectivity index (χ1n) is 5.29. The highest BCUT2D eigenvalue weighted by Gasteiger charge is 2.30. The Hall–Kier alpha value is -1.89. The maximum Gasteiger partial charge on any atom is 0.416 e. The lowest BCUT2D eigenvalue weighted by molar-refractivity contribution is -0.137. The largest absolute Gasteiger partial charge is 0.416 e. The number of alkyl halides is 3. The van der Waals surface area contributed by atoms with Gasteiger partial charge in [-0.2, -0.15) is 13.2 Å². The standard InChI is InChI=1S/C12H9F3N2OS/c13-12(14,15)8-2-1-3-9(4-8)17-11(18)5-10-6-19-7-16-10/h1-4,6-7H,5H2,(H,17,18). The summed E-state index contributed by atoms with van der Waals surface area (Å²) in [6, 6.07) is 4.52. The van der Waals surface area contributed by atoms with Gasteiger partial charge in [0.1, 0.15) is 0 Å². The van der Waals surface area contributed by atoms with Crippen LogP contribution < -0.4 is 5.32 Å². The molecule has 1 heterocycles. The van der Waals surface area contributed by atoms with Crippen LogP contribution in [0.3, 0.4) is 0 Å². The molecule has 0 saturated carbocycles. The Bertz CT molecular complexity index is 567. The van der Waals surface area contributed by atoms with E-state index in [-0.39, 0.29) is 12.1 Å². The zero-order valence-electron chi connectivity index (χ0n) is 9.57. The van der Waals surface area contributed by atoms with Crippen molar-refractivity contribution in [2.45, 2.75) is 12.6 Å². The predicted molar refractivity (Wildman–Crippen MR) is 65.9 cm³/mol. The van der Waals surface area contributed by atoms with Gasteiger partial charge in [-0.05, 0) is 18.2 Å². The molecule has 1 amide bonds. The minimum Gasteiger partial charge on any atom is -0.326 e. The van der Waals surface area contributed by atoms with Gasteiger partial charge in [0.25, 0.3) is 0 Å². The minimum atomic E-state index is -4.42. The molecule has 0 aliphatic heterocycles. The number of nitrogens with one attached hydrogen (secondary N) is 1. The third-order valence-corrected chi connectivity index (χ3v) is 2.93. The molecule has 3 nitrogen and oxygen atoms in total. The molecular weight excluding hydrogens is 277 g/mol. The number of thiazole rings is 1. The molecule has 1 N–H and O–H groups in total. The van der Waals surface area contributed by atoms with E-state index in [4.69, 9.17) is 0 Å². The van der Waals surface area contributed by atoms with Crippen molar-refractivity contribution in [2.75, 3.05) is 5.32 Å². The number of hydrogen-bond acceptors (Lipinski definition) is 3. The maximum atomic E-state index is 12.5. The molecule has 0 unspecified atom stereocenters. The molecule has 0 saturated heterocycles. The zero-order valence-corrected chi connectivity index (χ0v) is 10.4. The smallest absolute Gasteiger partial charge is 0.326 e. The fourth-order valence-corrected chi connectivity index (χ4v) is 2.03. The monoisotopic (exact) mass is 286 g/mol. The van der Waals surface area contributed by atoms with Crippen LogP contribution in [0.25, 0.3) is 0 Å². The molecule has 19 heavy (non-hydrogen) atoms. The molecular formula is C12H9F3N2OS. The van der Waals surface area contributed by atoms with Crippen molar-refractivity contribution in [1.82, 2.24) is 4.98 Å². The Morgan fingerprint density at radius 2 is 2.16 bits per heavy atom. The van der Waals surface area contributed by atoms with Crippen molar-refractivity contribution >= 4 is 22.9 Å². The molecule has 2 aromatic rings. The van der Waals surface area contributed by atoms with E-state index in [9.17, 15) is 18.0 Å². The lowest BCUT2D eigenvalue weighted by atomic mass is 10.2. The lowest BCUT2D eigenvalue weighted by Gasteiger charge is -2.09. The van der Waals surface area contributed by atoms with Crippen molar-refractivity contribution in [3.05, 3.63) is 46.4 Å². The van der Waals surface area contributed by atoms with Gasteiger partial charge in [0.15, 0.2) is 0 Å². The van der Waals surface area contributed by atoms with Crippen molar-refractivity contribution in [3.8, 4) is 0 Å². The quantitative estimate of drug-likeness (QED) is 0.940. The van der Waals surface area contributed by atoms with E-state index < -0.39 is 17.6 Å². The van der Waals surface area contributed by atoms with Gasteiger partial charge in [0.05, 0.1) is 23.2 Å². The third kappa shape index (κ3) is 3.78. The molecule has 7 heteroatoms. The second-order valence-corrected chi connectivity index (χ2v) is 4.50. The maximum absolute atomic E-state index is 12.5. The van der Waals surface area contributed by atoms with Crippen molar-refractivity contribution in [1.29, 1.82) is 0 Å². The van der Waals surface area contributed by atoms with E-state index in [1.807, 2.05) is 0 Å². The summed E-state index contributed by atoms with van der Waals surface area (Å²) in [5.41, 5.74) is 1.51. The lowest BCUT2D eigenvalue weighted by Crippen LogP contribution is -2.15. The SMILES string of the molecule is O=C(Cc1cscn1)Nc1cccc(C(F)(F)F)c1. The van der Waals surface area contributed by atoms with Gasteiger partial charge >= 0.3 is 6.18 Å². The Balaban J connectivity index is 2.05. The van der Waals surface area contributed by atoms with Crippen LogP contribution in [-0.2, 0) is 17.4 Å². The molecule has 0 aliphatic rings. The van der Waals surface area contributed by atoms with Gasteiger partial charge in [-0.15, -0.1) is 11.3 Å². The van der Waals surface area contributed by atoms with E-state index >= 15 is 0 Å². The van der Waals surface area contributed by atoms with Crippen LogP contribution in [0.5, 0.6) is 0 Å². The Morgan fingerprint density at radius 3 is 2.79 bits per heavy atom. The minimum absolute atomic E-state index is 0.0414. The number of nitrogens with zero attached hydrogens (tertiary/aromatic N) is 1. The number of halogens is 3. The molecule has 1 aromatic heterocycles. The van der Waals surface area contributed by atoms with E-state index in [0.717, 1.165) is 12.1 Å². The topological polar surface area (TPSA) is 42.0 Å². The van der Waals surface area contributed by atoms with Crippen LogP contribution in [-0.4, -0.2) is 10.9 Å². The number of anilines is 1. The van der Waals surface area contributed by atoms with Crippen LogP contribution in [0, 0.1) is 0 Å². The van der Waals surface area contributed by atoms with Crippen LogP contribution in [0.1, 0.15) is 11.3 Å². The summed E-state index contributed by atoms with van der Waals surface area (Å²) in [6.07, 6.45) is -4.38. The number of rotatable bonds is 3. The Labute approximate surface area is 111 Å². The molecule has 0 fully saturated rings. The number of benzene rings is 1. The van der Waals surface area contributed by atoms with Gasteiger partial charge in [-0.3, -0.25) is 4.79 Å². The van der Waals surface area contributed by atoms with Gasteiger partial charge in [0.2, 0.25) is 5.91 Å². The summed E-state index contributed by atoms with van der Waals surface area (Å²) in [6.45, 7) is 0. The summed E-state index contributed by atoms with van der Waals surface area (Å²) in [7, 11) is 0. The van der Waals surface area contributed by atoms with Gasteiger partial charge in [0, 0.05) is 11.1 Å². The highest BCUT2D eigenvalue weighted by Crippen LogP contribution is 2.30. The normalized spacial score (nSPS) is 11.3. The van der Waals surface area contributed by atoms with Gasteiger partial charge in [-0.25, -0.2) is 4.98 Å². The number of aromatic nitrogens is 1. The average Bonchev–Trinajstić information content (AvgIpc) is 2.80. The first-order chi connectivity index (χ1) is 8.95. The fraction of sp³-hybridized carbons (Fsp3) is 0.167. The molecule has 2 rings (SSSR count). The second-order valence-electron chi connectivity index (χ2n) is 3.78. The summed E-state index contributed by atoms with van der Waals surface area (Å²) < 4.78 is 37.5. The van der Waals surface area contributed by atoms with Gasteiger partial charge < -0.3 is 5.32 Å². The fourth-order valence-electron chi connectivity index (χ4n) is 1.47. The zero-order chi connectivity index (χ0) is 13.9. The molecule has 1 aromatic carbocycles. The molecule has 0 radical (unpaired) electrons. The number of carbonyl (C=O) groups excluding carboxylic acids is 1. The Morgan fingerprint density at radius 1 is 1.37 bits per heavy atom. The first-order valence-corrected chi connectivity index (χ1v) is 6.23. The first kappa shape index (κ1) is 13.5. The number of hydrogen-bond donors (Lipinski definition) is 1. The molecule has 0 spiro atoms. The van der Waals surface area contributed by atoms with Crippen molar-refractivity contribution in [3.63, 3.8) is 0 Å².